The minimum atomic E-state index is -0.372. The van der Waals surface area contributed by atoms with Crippen LogP contribution in [0.1, 0.15) is 31.4 Å². The van der Waals surface area contributed by atoms with Crippen molar-refractivity contribution in [2.24, 2.45) is 5.92 Å². The minimum Gasteiger partial charge on any atom is -0.301 e. The van der Waals surface area contributed by atoms with Crippen molar-refractivity contribution in [1.82, 2.24) is 10.2 Å². The first-order valence-corrected chi connectivity index (χ1v) is 7.09. The number of likely N-dealkylation sites (N-methyl/N-ethyl adjacent to an activating group) is 1. The number of nitrogens with one attached hydrogen (secondary N) is 1. The highest BCUT2D eigenvalue weighted by Gasteiger charge is 2.35. The first-order chi connectivity index (χ1) is 9.47. The van der Waals surface area contributed by atoms with Crippen LogP contribution in [0.4, 0.5) is 0 Å². The smallest absolute Gasteiger partial charge is 0.246 e. The summed E-state index contributed by atoms with van der Waals surface area (Å²) in [6.07, 6.45) is 1.34. The quantitative estimate of drug-likeness (QED) is 0.832. The molecule has 0 aliphatic carbocycles. The van der Waals surface area contributed by atoms with Gasteiger partial charge in [-0.2, -0.15) is 0 Å². The maximum atomic E-state index is 11.8. The summed E-state index contributed by atoms with van der Waals surface area (Å²) >= 11 is 0. The molecule has 4 nitrogen and oxygen atoms in total. The molecule has 0 bridgehead atoms. The first-order valence-electron chi connectivity index (χ1n) is 7.09. The van der Waals surface area contributed by atoms with Crippen LogP contribution < -0.4 is 5.32 Å². The Morgan fingerprint density at radius 3 is 2.30 bits per heavy atom. The van der Waals surface area contributed by atoms with Crippen molar-refractivity contribution in [3.63, 3.8) is 0 Å². The fourth-order valence-corrected chi connectivity index (χ4v) is 2.42. The predicted octanol–water partition coefficient (Wildman–Crippen LogP) is 1.73. The second-order valence-electron chi connectivity index (χ2n) is 5.84. The van der Waals surface area contributed by atoms with Crippen molar-refractivity contribution in [3.05, 3.63) is 35.4 Å². The van der Waals surface area contributed by atoms with Gasteiger partial charge >= 0.3 is 0 Å². The third kappa shape index (κ3) is 3.45. The van der Waals surface area contributed by atoms with Gasteiger partial charge in [-0.3, -0.25) is 14.5 Å². The summed E-state index contributed by atoms with van der Waals surface area (Å²) in [7, 11) is 1.53. The van der Waals surface area contributed by atoms with E-state index < -0.39 is 0 Å². The number of amides is 2. The fraction of sp³-hybridized carbons (Fsp3) is 0.500. The average molecular weight is 274 g/mol. The standard InChI is InChI=1S/C16H22N2O2/c1-11(2)8-12-4-6-13(7-5-12)10-17-14-9-15(19)18(3)16(14)20/h4-7,11,14,17H,8-10H2,1-3H3. The zero-order valence-electron chi connectivity index (χ0n) is 12.3. The number of hydrogen-bond donors (Lipinski definition) is 1. The minimum absolute atomic E-state index is 0.111. The molecule has 2 rings (SSSR count). The molecule has 0 radical (unpaired) electrons. The fourth-order valence-electron chi connectivity index (χ4n) is 2.42. The summed E-state index contributed by atoms with van der Waals surface area (Å²) in [5, 5.41) is 3.16. The van der Waals surface area contributed by atoms with Crippen LogP contribution in [-0.2, 0) is 22.6 Å². The number of carbonyl (C=O) groups is 2. The molecule has 0 spiro atoms. The Labute approximate surface area is 120 Å². The van der Waals surface area contributed by atoms with Gasteiger partial charge in [-0.1, -0.05) is 38.1 Å². The lowest BCUT2D eigenvalue weighted by Crippen LogP contribution is -2.36. The molecular formula is C16H22N2O2. The molecule has 1 atom stereocenters. The van der Waals surface area contributed by atoms with Gasteiger partial charge in [0, 0.05) is 13.6 Å². The van der Waals surface area contributed by atoms with Gasteiger partial charge in [0.2, 0.25) is 11.8 Å². The SMILES string of the molecule is CC(C)Cc1ccc(CNC2CC(=O)N(C)C2=O)cc1. The molecule has 20 heavy (non-hydrogen) atoms. The van der Waals surface area contributed by atoms with Crippen LogP contribution in [0.3, 0.4) is 0 Å². The van der Waals surface area contributed by atoms with E-state index >= 15 is 0 Å². The number of hydrogen-bond acceptors (Lipinski definition) is 3. The summed E-state index contributed by atoms with van der Waals surface area (Å²) in [5.41, 5.74) is 2.46. The lowest BCUT2D eigenvalue weighted by molar-refractivity contribution is -0.137. The van der Waals surface area contributed by atoms with Gasteiger partial charge in [-0.15, -0.1) is 0 Å². The molecule has 1 fully saturated rings. The highest BCUT2D eigenvalue weighted by Crippen LogP contribution is 2.13. The molecule has 0 saturated carbocycles. The third-order valence-electron chi connectivity index (χ3n) is 3.60. The molecule has 1 aromatic carbocycles. The molecule has 1 saturated heterocycles. The van der Waals surface area contributed by atoms with E-state index in [1.54, 1.807) is 0 Å². The second-order valence-corrected chi connectivity index (χ2v) is 5.84. The van der Waals surface area contributed by atoms with Crippen molar-refractivity contribution < 1.29 is 9.59 Å². The van der Waals surface area contributed by atoms with E-state index in [4.69, 9.17) is 0 Å². The van der Waals surface area contributed by atoms with Crippen molar-refractivity contribution in [1.29, 1.82) is 0 Å². The first kappa shape index (κ1) is 14.7. The van der Waals surface area contributed by atoms with Crippen molar-refractivity contribution >= 4 is 11.8 Å². The second kappa shape index (κ2) is 6.18. The van der Waals surface area contributed by atoms with E-state index in [0.29, 0.717) is 12.5 Å². The lowest BCUT2D eigenvalue weighted by atomic mass is 10.0. The van der Waals surface area contributed by atoms with Crippen LogP contribution in [0.15, 0.2) is 24.3 Å². The summed E-state index contributed by atoms with van der Waals surface area (Å²) in [6, 6.07) is 8.05. The molecule has 2 amide bonds. The average Bonchev–Trinajstić information content (AvgIpc) is 2.65. The molecule has 1 N–H and O–H groups in total. The van der Waals surface area contributed by atoms with Gasteiger partial charge in [0.05, 0.1) is 12.5 Å². The number of nitrogens with zero attached hydrogens (tertiary/aromatic N) is 1. The Bertz CT molecular complexity index is 494. The zero-order chi connectivity index (χ0) is 14.7. The van der Waals surface area contributed by atoms with Crippen LogP contribution in [0.25, 0.3) is 0 Å². The molecule has 4 heteroatoms. The van der Waals surface area contributed by atoms with E-state index in [1.165, 1.54) is 17.5 Å². The molecule has 1 aliphatic rings. The van der Waals surface area contributed by atoms with E-state index in [0.717, 1.165) is 12.0 Å². The Balaban J connectivity index is 1.88. The van der Waals surface area contributed by atoms with Crippen molar-refractivity contribution in [2.45, 2.75) is 39.3 Å². The van der Waals surface area contributed by atoms with Crippen LogP contribution in [0.5, 0.6) is 0 Å². The predicted molar refractivity (Wildman–Crippen MR) is 78.0 cm³/mol. The molecular weight excluding hydrogens is 252 g/mol. The van der Waals surface area contributed by atoms with Crippen LogP contribution in [0, 0.1) is 5.92 Å². The van der Waals surface area contributed by atoms with E-state index in [-0.39, 0.29) is 24.3 Å². The molecule has 108 valence electrons. The maximum Gasteiger partial charge on any atom is 0.246 e. The van der Waals surface area contributed by atoms with Crippen LogP contribution in [0.2, 0.25) is 0 Å². The normalized spacial score (nSPS) is 19.2. The third-order valence-corrected chi connectivity index (χ3v) is 3.60. The summed E-state index contributed by atoms with van der Waals surface area (Å²) in [6.45, 7) is 5.02. The Hall–Kier alpha value is -1.68. The van der Waals surface area contributed by atoms with Crippen molar-refractivity contribution in [3.8, 4) is 0 Å². The Kier molecular flexibility index (Phi) is 4.55. The lowest BCUT2D eigenvalue weighted by Gasteiger charge is -2.11. The molecule has 1 heterocycles. The zero-order valence-corrected chi connectivity index (χ0v) is 12.3. The van der Waals surface area contributed by atoms with Crippen LogP contribution in [-0.4, -0.2) is 29.8 Å². The summed E-state index contributed by atoms with van der Waals surface area (Å²) in [4.78, 5) is 24.4. The van der Waals surface area contributed by atoms with Crippen molar-refractivity contribution in [2.75, 3.05) is 7.05 Å². The van der Waals surface area contributed by atoms with Gasteiger partial charge in [-0.05, 0) is 23.5 Å². The highest BCUT2D eigenvalue weighted by atomic mass is 16.2. The number of carbonyl (C=O) groups excluding carboxylic acids is 2. The molecule has 1 aliphatic heterocycles. The topological polar surface area (TPSA) is 49.4 Å². The van der Waals surface area contributed by atoms with Gasteiger partial charge < -0.3 is 5.32 Å². The largest absolute Gasteiger partial charge is 0.301 e. The Morgan fingerprint density at radius 1 is 1.20 bits per heavy atom. The molecule has 1 unspecified atom stereocenters. The van der Waals surface area contributed by atoms with Gasteiger partial charge in [0.15, 0.2) is 0 Å². The van der Waals surface area contributed by atoms with Gasteiger partial charge in [0.25, 0.3) is 0 Å². The summed E-state index contributed by atoms with van der Waals surface area (Å²) in [5.74, 6) is 0.405. The number of rotatable bonds is 5. The van der Waals surface area contributed by atoms with E-state index in [1.807, 2.05) is 0 Å². The summed E-state index contributed by atoms with van der Waals surface area (Å²) < 4.78 is 0. The number of benzene rings is 1. The van der Waals surface area contributed by atoms with Crippen LogP contribution >= 0.6 is 0 Å². The monoisotopic (exact) mass is 274 g/mol. The van der Waals surface area contributed by atoms with E-state index in [9.17, 15) is 9.59 Å². The Morgan fingerprint density at radius 2 is 1.80 bits per heavy atom. The van der Waals surface area contributed by atoms with E-state index in [2.05, 4.69) is 43.4 Å². The maximum absolute atomic E-state index is 11.8. The van der Waals surface area contributed by atoms with Gasteiger partial charge in [-0.25, -0.2) is 0 Å². The number of likely N-dealkylation sites (tertiary alicyclic amines) is 1. The number of imide groups is 1. The molecule has 1 aromatic rings. The molecule has 0 aromatic heterocycles. The van der Waals surface area contributed by atoms with Gasteiger partial charge in [0.1, 0.15) is 0 Å². The highest BCUT2D eigenvalue weighted by molar-refractivity contribution is 6.05.